The summed E-state index contributed by atoms with van der Waals surface area (Å²) >= 11 is 0. The molecule has 34 heavy (non-hydrogen) atoms. The molecular weight excluding hydrogens is 429 g/mol. The van der Waals surface area contributed by atoms with Crippen molar-refractivity contribution in [3.8, 4) is 22.3 Å². The zero-order chi connectivity index (χ0) is 24.1. The van der Waals surface area contributed by atoms with Crippen LogP contribution in [0, 0.1) is 23.4 Å². The van der Waals surface area contributed by atoms with E-state index >= 15 is 4.39 Å². The minimum Gasteiger partial charge on any atom is -0.206 e. The molecule has 0 atom stereocenters. The Morgan fingerprint density at radius 1 is 0.706 bits per heavy atom. The van der Waals surface area contributed by atoms with E-state index in [0.717, 1.165) is 29.9 Å². The van der Waals surface area contributed by atoms with Gasteiger partial charge in [-0.2, -0.15) is 0 Å². The molecule has 4 rings (SSSR count). The van der Waals surface area contributed by atoms with Gasteiger partial charge in [-0.15, -0.1) is 0 Å². The van der Waals surface area contributed by atoms with E-state index in [1.807, 2.05) is 6.07 Å². The smallest absolute Gasteiger partial charge is 0.166 e. The third kappa shape index (κ3) is 5.40. The number of hydrogen-bond acceptors (Lipinski definition) is 0. The van der Waals surface area contributed by atoms with Gasteiger partial charge in [0.1, 0.15) is 5.82 Å². The lowest BCUT2D eigenvalue weighted by Crippen LogP contribution is -2.13. The maximum absolute atomic E-state index is 15.1. The Morgan fingerprint density at radius 2 is 1.35 bits per heavy atom. The second-order valence-corrected chi connectivity index (χ2v) is 9.78. The van der Waals surface area contributed by atoms with Crippen molar-refractivity contribution in [2.75, 3.05) is 0 Å². The molecule has 0 aromatic heterocycles. The number of rotatable bonds is 8. The monoisotopic (exact) mass is 464 g/mol. The molecule has 1 saturated carbocycles. The van der Waals surface area contributed by atoms with E-state index in [2.05, 4.69) is 13.0 Å². The summed E-state index contributed by atoms with van der Waals surface area (Å²) in [5.74, 6) is -0.567. The molecule has 3 heteroatoms. The minimum atomic E-state index is -0.831. The second kappa shape index (κ2) is 11.3. The Morgan fingerprint density at radius 3 is 1.97 bits per heavy atom. The molecule has 0 spiro atoms. The lowest BCUT2D eigenvalue weighted by molar-refractivity contribution is 0.302. The number of benzene rings is 3. The first-order valence-electron chi connectivity index (χ1n) is 12.9. The van der Waals surface area contributed by atoms with Gasteiger partial charge in [0.15, 0.2) is 11.6 Å². The van der Waals surface area contributed by atoms with Crippen molar-refractivity contribution in [1.82, 2.24) is 0 Å². The molecule has 0 unspecified atom stereocenters. The van der Waals surface area contributed by atoms with Gasteiger partial charge in [-0.1, -0.05) is 88.1 Å². The fraction of sp³-hybridized carbons (Fsp3) is 0.419. The molecule has 3 aromatic rings. The van der Waals surface area contributed by atoms with Crippen LogP contribution >= 0.6 is 0 Å². The summed E-state index contributed by atoms with van der Waals surface area (Å²) < 4.78 is 43.8. The highest BCUT2D eigenvalue weighted by Crippen LogP contribution is 2.39. The van der Waals surface area contributed by atoms with Crippen LogP contribution in [0.5, 0.6) is 0 Å². The Bertz CT molecular complexity index is 1090. The average molecular weight is 465 g/mol. The van der Waals surface area contributed by atoms with Crippen LogP contribution in [0.2, 0.25) is 0 Å². The van der Waals surface area contributed by atoms with Crippen LogP contribution in [-0.2, 0) is 6.42 Å². The Kier molecular flexibility index (Phi) is 8.13. The first-order chi connectivity index (χ1) is 16.5. The topological polar surface area (TPSA) is 0 Å². The Balaban J connectivity index is 1.45. The highest BCUT2D eigenvalue weighted by Gasteiger charge is 2.23. The molecule has 0 heterocycles. The lowest BCUT2D eigenvalue weighted by atomic mass is 9.77. The molecule has 1 fully saturated rings. The predicted molar refractivity (Wildman–Crippen MR) is 135 cm³/mol. The summed E-state index contributed by atoms with van der Waals surface area (Å²) in [6.07, 6.45) is 10.5. The molecule has 1 aliphatic rings. The number of aryl methyl sites for hydroxylation is 1. The van der Waals surface area contributed by atoms with Gasteiger partial charge in [0.05, 0.1) is 0 Å². The fourth-order valence-corrected chi connectivity index (χ4v) is 5.40. The molecule has 0 saturated heterocycles. The molecule has 0 nitrogen and oxygen atoms in total. The number of hydrogen-bond donors (Lipinski definition) is 0. The normalized spacial score (nSPS) is 18.3. The van der Waals surface area contributed by atoms with E-state index < -0.39 is 11.6 Å². The maximum Gasteiger partial charge on any atom is 0.166 e. The summed E-state index contributed by atoms with van der Waals surface area (Å²) in [5.41, 5.74) is 3.54. The van der Waals surface area contributed by atoms with Crippen LogP contribution in [0.25, 0.3) is 22.3 Å². The van der Waals surface area contributed by atoms with Crippen molar-refractivity contribution in [3.63, 3.8) is 0 Å². The van der Waals surface area contributed by atoms with Gasteiger partial charge in [0.25, 0.3) is 0 Å². The number of unbranched alkanes of at least 4 members (excludes halogenated alkanes) is 2. The molecule has 3 aromatic carbocycles. The molecule has 1 aliphatic carbocycles. The lowest BCUT2D eigenvalue weighted by Gasteiger charge is -2.29. The van der Waals surface area contributed by atoms with Gasteiger partial charge < -0.3 is 0 Å². The van der Waals surface area contributed by atoms with Crippen molar-refractivity contribution in [3.05, 3.63) is 83.2 Å². The summed E-state index contributed by atoms with van der Waals surface area (Å²) in [7, 11) is 0. The maximum atomic E-state index is 15.1. The second-order valence-electron chi connectivity index (χ2n) is 9.78. The van der Waals surface area contributed by atoms with Crippen molar-refractivity contribution < 1.29 is 13.2 Å². The van der Waals surface area contributed by atoms with E-state index in [1.165, 1.54) is 38.5 Å². The van der Waals surface area contributed by atoms with Gasteiger partial charge in [0.2, 0.25) is 0 Å². The fourth-order valence-electron chi connectivity index (χ4n) is 5.40. The Hall–Kier alpha value is -2.55. The average Bonchev–Trinajstić information content (AvgIpc) is 2.86. The molecule has 0 aliphatic heterocycles. The highest BCUT2D eigenvalue weighted by molar-refractivity contribution is 5.71. The van der Waals surface area contributed by atoms with Crippen LogP contribution in [0.1, 0.15) is 82.3 Å². The van der Waals surface area contributed by atoms with E-state index in [-0.39, 0.29) is 11.4 Å². The zero-order valence-corrected chi connectivity index (χ0v) is 20.3. The predicted octanol–water partition coefficient (Wildman–Crippen LogP) is 9.85. The summed E-state index contributed by atoms with van der Waals surface area (Å²) in [6.45, 7) is 4.04. The largest absolute Gasteiger partial charge is 0.206 e. The zero-order valence-electron chi connectivity index (χ0n) is 20.3. The van der Waals surface area contributed by atoms with E-state index in [0.29, 0.717) is 29.0 Å². The first kappa shape index (κ1) is 24.6. The van der Waals surface area contributed by atoms with Crippen molar-refractivity contribution in [2.24, 2.45) is 5.92 Å². The van der Waals surface area contributed by atoms with Crippen LogP contribution in [0.3, 0.4) is 0 Å². The van der Waals surface area contributed by atoms with E-state index in [9.17, 15) is 8.78 Å². The van der Waals surface area contributed by atoms with Gasteiger partial charge >= 0.3 is 0 Å². The molecule has 0 radical (unpaired) electrons. The van der Waals surface area contributed by atoms with Crippen LogP contribution in [0.15, 0.2) is 54.6 Å². The summed E-state index contributed by atoms with van der Waals surface area (Å²) in [6, 6.07) is 15.9. The highest BCUT2D eigenvalue weighted by atomic mass is 19.2. The van der Waals surface area contributed by atoms with Crippen molar-refractivity contribution >= 4 is 0 Å². The van der Waals surface area contributed by atoms with Crippen molar-refractivity contribution in [2.45, 2.75) is 77.6 Å². The third-order valence-electron chi connectivity index (χ3n) is 7.58. The summed E-state index contributed by atoms with van der Waals surface area (Å²) in [4.78, 5) is 0. The molecule has 0 bridgehead atoms. The quantitative estimate of drug-likeness (QED) is 0.291. The van der Waals surface area contributed by atoms with E-state index in [4.69, 9.17) is 0 Å². The van der Waals surface area contributed by atoms with Crippen LogP contribution in [0.4, 0.5) is 13.2 Å². The third-order valence-corrected chi connectivity index (χ3v) is 7.58. The first-order valence-corrected chi connectivity index (χ1v) is 12.9. The Labute approximate surface area is 202 Å². The van der Waals surface area contributed by atoms with Gasteiger partial charge in [0, 0.05) is 11.1 Å². The minimum absolute atomic E-state index is 0.222. The molecule has 0 N–H and O–H groups in total. The van der Waals surface area contributed by atoms with Crippen molar-refractivity contribution in [1.29, 1.82) is 0 Å². The number of halogens is 3. The molecule has 0 amide bonds. The van der Waals surface area contributed by atoms with Crippen LogP contribution < -0.4 is 0 Å². The molecular formula is C31H35F3. The van der Waals surface area contributed by atoms with E-state index in [1.54, 1.807) is 49.4 Å². The molecule has 180 valence electrons. The SMILES string of the molecule is CCCCCC1CCC(c2ccc(-c3ccc(-c4ccc(CC)c(F)c4F)cc3)c(F)c2)CC1. The van der Waals surface area contributed by atoms with Crippen LogP contribution in [-0.4, -0.2) is 0 Å². The van der Waals surface area contributed by atoms with Gasteiger partial charge in [-0.3, -0.25) is 0 Å². The van der Waals surface area contributed by atoms with Gasteiger partial charge in [-0.05, 0) is 72.3 Å². The standard InChI is InChI=1S/C31H35F3/c1-3-5-6-7-21-8-10-23(11-9-21)26-17-18-27(29(32)20-26)24-12-14-25(15-13-24)28-19-16-22(4-2)30(33)31(28)34/h12-21,23H,3-11H2,1-2H3. The van der Waals surface area contributed by atoms with Gasteiger partial charge in [-0.25, -0.2) is 13.2 Å². The summed E-state index contributed by atoms with van der Waals surface area (Å²) in [5, 5.41) is 0.